The second-order valence-corrected chi connectivity index (χ2v) is 6.52. The average molecular weight is 282 g/mol. The van der Waals surface area contributed by atoms with Gasteiger partial charge < -0.3 is 10.1 Å². The SMILES string of the molecule is CC(C)N(CCNC1CCOCC1)Cc1cccs1. The Kier molecular flexibility index (Phi) is 6.31. The van der Waals surface area contributed by atoms with Crippen molar-refractivity contribution in [1.29, 1.82) is 0 Å². The Balaban J connectivity index is 1.70. The highest BCUT2D eigenvalue weighted by atomic mass is 32.1. The van der Waals surface area contributed by atoms with E-state index in [1.165, 1.54) is 4.88 Å². The molecule has 0 aliphatic carbocycles. The maximum Gasteiger partial charge on any atom is 0.0480 e. The smallest absolute Gasteiger partial charge is 0.0480 e. The second-order valence-electron chi connectivity index (χ2n) is 5.48. The summed E-state index contributed by atoms with van der Waals surface area (Å²) in [6.45, 7) is 9.66. The van der Waals surface area contributed by atoms with Crippen LogP contribution in [0.4, 0.5) is 0 Å². The lowest BCUT2D eigenvalue weighted by molar-refractivity contribution is 0.0766. The Bertz CT molecular complexity index is 334. The topological polar surface area (TPSA) is 24.5 Å². The van der Waals surface area contributed by atoms with E-state index in [0.717, 1.165) is 45.7 Å². The molecule has 1 aromatic heterocycles. The first-order chi connectivity index (χ1) is 9.25. The van der Waals surface area contributed by atoms with E-state index in [4.69, 9.17) is 4.74 Å². The maximum absolute atomic E-state index is 5.39. The summed E-state index contributed by atoms with van der Waals surface area (Å²) in [4.78, 5) is 4.00. The van der Waals surface area contributed by atoms with E-state index >= 15 is 0 Å². The van der Waals surface area contributed by atoms with Crippen molar-refractivity contribution in [2.45, 2.75) is 45.3 Å². The average Bonchev–Trinajstić information content (AvgIpc) is 2.91. The lowest BCUT2D eigenvalue weighted by Crippen LogP contribution is -2.41. The number of hydrogen-bond acceptors (Lipinski definition) is 4. The fraction of sp³-hybridized carbons (Fsp3) is 0.733. The van der Waals surface area contributed by atoms with Crippen molar-refractivity contribution >= 4 is 11.3 Å². The van der Waals surface area contributed by atoms with Gasteiger partial charge in [0.25, 0.3) is 0 Å². The van der Waals surface area contributed by atoms with Gasteiger partial charge in [0.05, 0.1) is 0 Å². The maximum atomic E-state index is 5.39. The van der Waals surface area contributed by atoms with E-state index < -0.39 is 0 Å². The van der Waals surface area contributed by atoms with Gasteiger partial charge in [-0.15, -0.1) is 11.3 Å². The Morgan fingerprint density at radius 2 is 2.21 bits per heavy atom. The monoisotopic (exact) mass is 282 g/mol. The second kappa shape index (κ2) is 8.00. The minimum atomic E-state index is 0.596. The zero-order valence-corrected chi connectivity index (χ0v) is 12.9. The molecule has 0 bridgehead atoms. The predicted octanol–water partition coefficient (Wildman–Crippen LogP) is 2.73. The summed E-state index contributed by atoms with van der Waals surface area (Å²) in [7, 11) is 0. The summed E-state index contributed by atoms with van der Waals surface area (Å²) in [6, 6.07) is 5.62. The summed E-state index contributed by atoms with van der Waals surface area (Å²) in [5.41, 5.74) is 0. The molecule has 1 aliphatic rings. The van der Waals surface area contributed by atoms with Crippen molar-refractivity contribution < 1.29 is 4.74 Å². The molecule has 0 atom stereocenters. The van der Waals surface area contributed by atoms with Gasteiger partial charge in [0.2, 0.25) is 0 Å². The van der Waals surface area contributed by atoms with Crippen molar-refractivity contribution in [3.05, 3.63) is 22.4 Å². The molecule has 2 rings (SSSR count). The molecule has 1 aromatic rings. The van der Waals surface area contributed by atoms with Gasteiger partial charge in [-0.1, -0.05) is 6.07 Å². The van der Waals surface area contributed by atoms with Crippen LogP contribution in [0.1, 0.15) is 31.6 Å². The van der Waals surface area contributed by atoms with Gasteiger partial charge in [0, 0.05) is 49.8 Å². The molecule has 0 saturated carbocycles. The third kappa shape index (κ3) is 5.22. The van der Waals surface area contributed by atoms with Crippen LogP contribution in [0.2, 0.25) is 0 Å². The Morgan fingerprint density at radius 3 is 2.84 bits per heavy atom. The molecular formula is C15H26N2OS. The van der Waals surface area contributed by atoms with Gasteiger partial charge in [0.1, 0.15) is 0 Å². The number of rotatable bonds is 7. The first kappa shape index (κ1) is 15.0. The minimum absolute atomic E-state index is 0.596. The number of nitrogens with one attached hydrogen (secondary N) is 1. The highest BCUT2D eigenvalue weighted by Crippen LogP contribution is 2.13. The predicted molar refractivity (Wildman–Crippen MR) is 81.7 cm³/mol. The van der Waals surface area contributed by atoms with Crippen LogP contribution in [-0.4, -0.2) is 43.3 Å². The van der Waals surface area contributed by atoms with E-state index in [-0.39, 0.29) is 0 Å². The van der Waals surface area contributed by atoms with Gasteiger partial charge in [-0.3, -0.25) is 4.90 Å². The van der Waals surface area contributed by atoms with Gasteiger partial charge in [-0.05, 0) is 38.1 Å². The summed E-state index contributed by atoms with van der Waals surface area (Å²) >= 11 is 1.85. The van der Waals surface area contributed by atoms with Crippen molar-refractivity contribution in [3.63, 3.8) is 0 Å². The molecule has 0 amide bonds. The molecule has 3 nitrogen and oxygen atoms in total. The summed E-state index contributed by atoms with van der Waals surface area (Å²) in [5.74, 6) is 0. The molecule has 0 spiro atoms. The van der Waals surface area contributed by atoms with Crippen LogP contribution in [0.25, 0.3) is 0 Å². The van der Waals surface area contributed by atoms with Gasteiger partial charge >= 0.3 is 0 Å². The molecule has 1 aliphatic heterocycles. The van der Waals surface area contributed by atoms with Gasteiger partial charge in [0.15, 0.2) is 0 Å². The molecule has 1 saturated heterocycles. The van der Waals surface area contributed by atoms with Crippen LogP contribution in [0, 0.1) is 0 Å². The molecule has 4 heteroatoms. The lowest BCUT2D eigenvalue weighted by Gasteiger charge is -2.28. The molecule has 1 fully saturated rings. The van der Waals surface area contributed by atoms with Crippen molar-refractivity contribution in [1.82, 2.24) is 10.2 Å². The summed E-state index contributed by atoms with van der Waals surface area (Å²) in [6.07, 6.45) is 2.32. The molecule has 108 valence electrons. The van der Waals surface area contributed by atoms with Crippen molar-refractivity contribution in [2.24, 2.45) is 0 Å². The third-order valence-corrected chi connectivity index (χ3v) is 4.58. The normalized spacial score (nSPS) is 17.5. The van der Waals surface area contributed by atoms with Gasteiger partial charge in [-0.25, -0.2) is 0 Å². The number of nitrogens with zero attached hydrogens (tertiary/aromatic N) is 1. The van der Waals surface area contributed by atoms with Crippen LogP contribution < -0.4 is 5.32 Å². The fourth-order valence-electron chi connectivity index (χ4n) is 2.44. The third-order valence-electron chi connectivity index (χ3n) is 3.72. The molecule has 19 heavy (non-hydrogen) atoms. The van der Waals surface area contributed by atoms with Crippen LogP contribution in [0.3, 0.4) is 0 Å². The van der Waals surface area contributed by atoms with Gasteiger partial charge in [-0.2, -0.15) is 0 Å². The summed E-state index contributed by atoms with van der Waals surface area (Å²) in [5, 5.41) is 5.83. The first-order valence-electron chi connectivity index (χ1n) is 7.33. The number of ether oxygens (including phenoxy) is 1. The quantitative estimate of drug-likeness (QED) is 0.832. The van der Waals surface area contributed by atoms with Crippen LogP contribution in [-0.2, 0) is 11.3 Å². The molecular weight excluding hydrogens is 256 g/mol. The minimum Gasteiger partial charge on any atom is -0.381 e. The van der Waals surface area contributed by atoms with Crippen molar-refractivity contribution in [3.8, 4) is 0 Å². The fourth-order valence-corrected chi connectivity index (χ4v) is 3.17. The number of thiophene rings is 1. The first-order valence-corrected chi connectivity index (χ1v) is 8.21. The van der Waals surface area contributed by atoms with Crippen molar-refractivity contribution in [2.75, 3.05) is 26.3 Å². The Labute approximate surface area is 121 Å². The molecule has 0 radical (unpaired) electrons. The largest absolute Gasteiger partial charge is 0.381 e. The lowest BCUT2D eigenvalue weighted by atomic mass is 10.1. The highest BCUT2D eigenvalue weighted by Gasteiger charge is 2.14. The van der Waals surface area contributed by atoms with E-state index in [1.807, 2.05) is 11.3 Å². The molecule has 0 unspecified atom stereocenters. The Morgan fingerprint density at radius 1 is 1.42 bits per heavy atom. The van der Waals surface area contributed by atoms with E-state index in [9.17, 15) is 0 Å². The molecule has 0 aromatic carbocycles. The Hall–Kier alpha value is -0.420. The van der Waals surface area contributed by atoms with E-state index in [0.29, 0.717) is 12.1 Å². The standard InChI is InChI=1S/C15H26N2OS/c1-13(2)17(12-15-4-3-11-19-15)8-7-16-14-5-9-18-10-6-14/h3-4,11,13-14,16H,5-10,12H2,1-2H3. The number of hydrogen-bond donors (Lipinski definition) is 1. The van der Waals surface area contributed by atoms with E-state index in [1.54, 1.807) is 0 Å². The molecule has 1 N–H and O–H groups in total. The zero-order valence-electron chi connectivity index (χ0n) is 12.1. The van der Waals surface area contributed by atoms with Crippen LogP contribution in [0.5, 0.6) is 0 Å². The molecule has 2 heterocycles. The van der Waals surface area contributed by atoms with Crippen LogP contribution >= 0.6 is 11.3 Å². The van der Waals surface area contributed by atoms with E-state index in [2.05, 4.69) is 41.6 Å². The zero-order chi connectivity index (χ0) is 13.5. The summed E-state index contributed by atoms with van der Waals surface area (Å²) < 4.78 is 5.39. The highest BCUT2D eigenvalue weighted by molar-refractivity contribution is 7.09. The van der Waals surface area contributed by atoms with Crippen LogP contribution in [0.15, 0.2) is 17.5 Å².